The molecule has 2 heteroatoms. The van der Waals surface area contributed by atoms with Gasteiger partial charge in [-0.3, -0.25) is 4.98 Å². The van der Waals surface area contributed by atoms with Crippen molar-refractivity contribution in [3.63, 3.8) is 0 Å². The predicted molar refractivity (Wildman–Crippen MR) is 74.1 cm³/mol. The Morgan fingerprint density at radius 3 is 2.35 bits per heavy atom. The Morgan fingerprint density at radius 1 is 1.18 bits per heavy atom. The average molecular weight is 234 g/mol. The molecule has 0 aliphatic heterocycles. The maximum Gasteiger partial charge on any atom is 0.0372 e. The average Bonchev–Trinajstić information content (AvgIpc) is 2.35. The minimum Gasteiger partial charge on any atom is -0.310 e. The summed E-state index contributed by atoms with van der Waals surface area (Å²) in [6, 6.07) is 4.77. The lowest BCUT2D eigenvalue weighted by Crippen LogP contribution is -2.23. The molecule has 0 fully saturated rings. The van der Waals surface area contributed by atoms with Gasteiger partial charge >= 0.3 is 0 Å². The molecule has 0 aliphatic rings. The van der Waals surface area contributed by atoms with Crippen molar-refractivity contribution in [2.75, 3.05) is 6.54 Å². The van der Waals surface area contributed by atoms with Gasteiger partial charge in [-0.15, -0.1) is 0 Å². The van der Waals surface area contributed by atoms with Crippen LogP contribution >= 0.6 is 0 Å². The molecule has 1 aromatic heterocycles. The Bertz CT molecular complexity index is 301. The van der Waals surface area contributed by atoms with Crippen LogP contribution in [0.25, 0.3) is 0 Å². The zero-order valence-corrected chi connectivity index (χ0v) is 11.7. The summed E-state index contributed by atoms with van der Waals surface area (Å²) in [7, 11) is 0. The van der Waals surface area contributed by atoms with E-state index >= 15 is 0 Å². The number of aromatic nitrogens is 1. The van der Waals surface area contributed by atoms with Crippen LogP contribution in [-0.4, -0.2) is 11.5 Å². The molecule has 1 aromatic rings. The van der Waals surface area contributed by atoms with Crippen molar-refractivity contribution in [2.45, 2.75) is 53.0 Å². The van der Waals surface area contributed by atoms with Gasteiger partial charge in [0.1, 0.15) is 0 Å². The highest BCUT2D eigenvalue weighted by Gasteiger charge is 2.15. The number of hydrogen-bond donors (Lipinski definition) is 1. The van der Waals surface area contributed by atoms with E-state index in [1.807, 2.05) is 13.1 Å². The van der Waals surface area contributed by atoms with E-state index in [0.29, 0.717) is 6.04 Å². The second kappa shape index (κ2) is 7.44. The zero-order chi connectivity index (χ0) is 12.7. The number of aryl methyl sites for hydroxylation is 1. The van der Waals surface area contributed by atoms with Crippen LogP contribution < -0.4 is 5.32 Å². The molecule has 0 bridgehead atoms. The lowest BCUT2D eigenvalue weighted by Gasteiger charge is -2.23. The van der Waals surface area contributed by atoms with Crippen LogP contribution in [0.3, 0.4) is 0 Å². The summed E-state index contributed by atoms with van der Waals surface area (Å²) >= 11 is 0. The van der Waals surface area contributed by atoms with Crippen LogP contribution in [0.1, 0.15) is 57.3 Å². The van der Waals surface area contributed by atoms with Crippen LogP contribution in [0, 0.1) is 12.8 Å². The quantitative estimate of drug-likeness (QED) is 0.774. The topological polar surface area (TPSA) is 24.9 Å². The van der Waals surface area contributed by atoms with Crippen molar-refractivity contribution in [1.29, 1.82) is 0 Å². The molecule has 1 unspecified atom stereocenters. The maximum atomic E-state index is 4.40. The Hall–Kier alpha value is -0.890. The minimum absolute atomic E-state index is 0.456. The second-order valence-corrected chi connectivity index (χ2v) is 4.76. The van der Waals surface area contributed by atoms with Crippen LogP contribution in [0.4, 0.5) is 0 Å². The largest absolute Gasteiger partial charge is 0.310 e. The SMILES string of the molecule is CCNC(CC(CC)CC)c1ccc(C)nc1. The van der Waals surface area contributed by atoms with E-state index in [9.17, 15) is 0 Å². The third kappa shape index (κ3) is 4.47. The standard InChI is InChI=1S/C15H26N2/c1-5-13(6-2)10-15(16-7-3)14-9-8-12(4)17-11-14/h8-9,11,13,15-16H,5-7,10H2,1-4H3. The smallest absolute Gasteiger partial charge is 0.0372 e. The lowest BCUT2D eigenvalue weighted by molar-refractivity contribution is 0.375. The summed E-state index contributed by atoms with van der Waals surface area (Å²) in [5, 5.41) is 3.58. The van der Waals surface area contributed by atoms with Gasteiger partial charge in [-0.05, 0) is 37.4 Å². The van der Waals surface area contributed by atoms with E-state index in [4.69, 9.17) is 0 Å². The van der Waals surface area contributed by atoms with Crippen LogP contribution in [-0.2, 0) is 0 Å². The molecule has 1 rings (SSSR count). The number of nitrogens with one attached hydrogen (secondary N) is 1. The second-order valence-electron chi connectivity index (χ2n) is 4.76. The first-order valence-corrected chi connectivity index (χ1v) is 6.87. The van der Waals surface area contributed by atoms with E-state index < -0.39 is 0 Å². The monoisotopic (exact) mass is 234 g/mol. The van der Waals surface area contributed by atoms with E-state index in [-0.39, 0.29) is 0 Å². The summed E-state index contributed by atoms with van der Waals surface area (Å²) in [4.78, 5) is 4.40. The molecule has 1 heterocycles. The maximum absolute atomic E-state index is 4.40. The van der Waals surface area contributed by atoms with Gasteiger partial charge in [0.15, 0.2) is 0 Å². The molecule has 0 aromatic carbocycles. The zero-order valence-electron chi connectivity index (χ0n) is 11.7. The summed E-state index contributed by atoms with van der Waals surface area (Å²) in [5.41, 5.74) is 2.41. The Balaban J connectivity index is 2.73. The fourth-order valence-corrected chi connectivity index (χ4v) is 2.22. The van der Waals surface area contributed by atoms with Gasteiger partial charge in [0.25, 0.3) is 0 Å². The molecule has 1 atom stereocenters. The molecule has 0 aliphatic carbocycles. The van der Waals surface area contributed by atoms with Gasteiger partial charge in [0.05, 0.1) is 0 Å². The van der Waals surface area contributed by atoms with Crippen molar-refractivity contribution in [2.24, 2.45) is 5.92 Å². The summed E-state index contributed by atoms with van der Waals surface area (Å²) in [5.74, 6) is 0.806. The van der Waals surface area contributed by atoms with E-state index in [1.54, 1.807) is 0 Å². The van der Waals surface area contributed by atoms with Gasteiger partial charge < -0.3 is 5.32 Å². The molecular weight excluding hydrogens is 208 g/mol. The fraction of sp³-hybridized carbons (Fsp3) is 0.667. The lowest BCUT2D eigenvalue weighted by atomic mass is 9.91. The molecule has 96 valence electrons. The Morgan fingerprint density at radius 2 is 1.88 bits per heavy atom. The van der Waals surface area contributed by atoms with Gasteiger partial charge in [-0.2, -0.15) is 0 Å². The Labute approximate surface area is 106 Å². The van der Waals surface area contributed by atoms with Crippen molar-refractivity contribution >= 4 is 0 Å². The predicted octanol–water partition coefficient (Wildman–Crippen LogP) is 3.87. The number of pyridine rings is 1. The Kier molecular flexibility index (Phi) is 6.20. The number of rotatable bonds is 7. The van der Waals surface area contributed by atoms with Crippen LogP contribution in [0.15, 0.2) is 18.3 Å². The van der Waals surface area contributed by atoms with Gasteiger partial charge in [0, 0.05) is 17.9 Å². The normalized spacial score (nSPS) is 13.0. The molecule has 0 saturated carbocycles. The molecule has 0 saturated heterocycles. The summed E-state index contributed by atoms with van der Waals surface area (Å²) < 4.78 is 0. The number of hydrogen-bond acceptors (Lipinski definition) is 2. The van der Waals surface area contributed by atoms with Crippen molar-refractivity contribution in [3.8, 4) is 0 Å². The molecule has 0 amide bonds. The highest BCUT2D eigenvalue weighted by Crippen LogP contribution is 2.24. The summed E-state index contributed by atoms with van der Waals surface area (Å²) in [6.07, 6.45) is 5.76. The molecule has 17 heavy (non-hydrogen) atoms. The molecule has 0 spiro atoms. The van der Waals surface area contributed by atoms with E-state index in [0.717, 1.165) is 18.2 Å². The first-order chi connectivity index (χ1) is 8.21. The third-order valence-electron chi connectivity index (χ3n) is 3.51. The summed E-state index contributed by atoms with van der Waals surface area (Å²) in [6.45, 7) is 9.78. The first-order valence-electron chi connectivity index (χ1n) is 6.87. The first kappa shape index (κ1) is 14.2. The van der Waals surface area contributed by atoms with Gasteiger partial charge in [0.2, 0.25) is 0 Å². The van der Waals surface area contributed by atoms with Crippen LogP contribution in [0.5, 0.6) is 0 Å². The highest BCUT2D eigenvalue weighted by atomic mass is 14.9. The van der Waals surface area contributed by atoms with E-state index in [2.05, 4.69) is 43.2 Å². The van der Waals surface area contributed by atoms with Crippen molar-refractivity contribution < 1.29 is 0 Å². The fourth-order valence-electron chi connectivity index (χ4n) is 2.22. The highest BCUT2D eigenvalue weighted by molar-refractivity contribution is 5.17. The minimum atomic E-state index is 0.456. The van der Waals surface area contributed by atoms with Crippen LogP contribution in [0.2, 0.25) is 0 Å². The van der Waals surface area contributed by atoms with E-state index in [1.165, 1.54) is 24.8 Å². The van der Waals surface area contributed by atoms with Crippen molar-refractivity contribution in [3.05, 3.63) is 29.6 Å². The number of nitrogens with zero attached hydrogens (tertiary/aromatic N) is 1. The van der Waals surface area contributed by atoms with Gasteiger partial charge in [-0.25, -0.2) is 0 Å². The molecule has 2 nitrogen and oxygen atoms in total. The molecule has 0 radical (unpaired) electrons. The van der Waals surface area contributed by atoms with Gasteiger partial charge in [-0.1, -0.05) is 39.7 Å². The van der Waals surface area contributed by atoms with Crippen molar-refractivity contribution in [1.82, 2.24) is 10.3 Å². The third-order valence-corrected chi connectivity index (χ3v) is 3.51. The molecule has 1 N–H and O–H groups in total. The molecular formula is C15H26N2.